The highest BCUT2D eigenvalue weighted by molar-refractivity contribution is 6.01. The largest absolute Gasteiger partial charge is 0.481 e. The van der Waals surface area contributed by atoms with Crippen LogP contribution in [0.25, 0.3) is 11.1 Å². The van der Waals surface area contributed by atoms with Crippen molar-refractivity contribution in [3.05, 3.63) is 88.3 Å². The number of aliphatic hydroxyl groups excluding tert-OH is 2. The second-order valence-corrected chi connectivity index (χ2v) is 8.30. The molecule has 3 rings (SSSR count). The first-order chi connectivity index (χ1) is 16.6. The lowest BCUT2D eigenvalue weighted by Crippen LogP contribution is -2.19. The van der Waals surface area contributed by atoms with E-state index >= 15 is 8.78 Å². The number of aromatic nitrogens is 4. The van der Waals surface area contributed by atoms with Gasteiger partial charge in [-0.1, -0.05) is 36.4 Å². The summed E-state index contributed by atoms with van der Waals surface area (Å²) >= 11 is 0. The highest BCUT2D eigenvalue weighted by Gasteiger charge is 2.22. The molecule has 0 aliphatic heterocycles. The van der Waals surface area contributed by atoms with Gasteiger partial charge in [-0.15, -0.1) is 5.10 Å². The zero-order chi connectivity index (χ0) is 25.7. The van der Waals surface area contributed by atoms with Crippen molar-refractivity contribution < 1.29 is 28.9 Å². The van der Waals surface area contributed by atoms with E-state index in [9.17, 15) is 15.0 Å². The molecule has 2 aromatic carbocycles. The number of halogens is 2. The number of tetrazole rings is 1. The first-order valence-corrected chi connectivity index (χ1v) is 10.8. The van der Waals surface area contributed by atoms with Gasteiger partial charge in [-0.25, -0.2) is 13.5 Å². The SMILES string of the molecule is Cc1ccc(C(=C(C=CC(O)CC(O)CC(=O)O)c2nnnn2C)c2ccc(C)cc2F)c(F)c1. The molecule has 10 heteroatoms. The number of rotatable bonds is 9. The van der Waals surface area contributed by atoms with Gasteiger partial charge in [0.1, 0.15) is 11.6 Å². The zero-order valence-electron chi connectivity index (χ0n) is 19.5. The molecular weight excluding hydrogens is 458 g/mol. The lowest BCUT2D eigenvalue weighted by atomic mass is 9.90. The number of aryl methyl sites for hydroxylation is 3. The van der Waals surface area contributed by atoms with Gasteiger partial charge in [-0.05, 0) is 47.5 Å². The van der Waals surface area contributed by atoms with E-state index < -0.39 is 36.2 Å². The van der Waals surface area contributed by atoms with Crippen LogP contribution in [0.1, 0.15) is 40.9 Å². The molecule has 0 aliphatic carbocycles. The van der Waals surface area contributed by atoms with E-state index in [2.05, 4.69) is 15.5 Å². The summed E-state index contributed by atoms with van der Waals surface area (Å²) in [5, 5.41) is 40.5. The van der Waals surface area contributed by atoms with Crippen molar-refractivity contribution in [2.24, 2.45) is 7.05 Å². The number of nitrogens with zero attached hydrogens (tertiary/aromatic N) is 4. The molecule has 3 aromatic rings. The molecule has 0 saturated carbocycles. The van der Waals surface area contributed by atoms with Crippen LogP contribution >= 0.6 is 0 Å². The molecular formula is C25H26F2N4O4. The summed E-state index contributed by atoms with van der Waals surface area (Å²) in [5.74, 6) is -2.20. The number of hydrogen-bond acceptors (Lipinski definition) is 6. The summed E-state index contributed by atoms with van der Waals surface area (Å²) in [5.41, 5.74) is 1.93. The predicted octanol–water partition coefficient (Wildman–Crippen LogP) is 3.21. The summed E-state index contributed by atoms with van der Waals surface area (Å²) in [6, 6.07) is 9.10. The van der Waals surface area contributed by atoms with Gasteiger partial charge in [0.15, 0.2) is 5.82 Å². The Bertz CT molecular complexity index is 1230. The molecule has 0 saturated heterocycles. The number of carbonyl (C=O) groups is 1. The van der Waals surface area contributed by atoms with Crippen LogP contribution in [-0.4, -0.2) is 53.7 Å². The molecule has 0 aliphatic rings. The Labute approximate surface area is 200 Å². The van der Waals surface area contributed by atoms with Crippen molar-refractivity contribution in [1.82, 2.24) is 20.2 Å². The maximum absolute atomic E-state index is 15.2. The van der Waals surface area contributed by atoms with E-state index in [4.69, 9.17) is 5.11 Å². The van der Waals surface area contributed by atoms with E-state index in [-0.39, 0.29) is 34.5 Å². The minimum atomic E-state index is -1.28. The normalized spacial score (nSPS) is 13.1. The number of carboxylic acids is 1. The Hall–Kier alpha value is -3.76. The number of aliphatic hydroxyl groups is 2. The number of benzene rings is 2. The standard InChI is InChI=1S/C25H26F2N4O4/c1-14-4-7-18(21(26)10-14)24(19-8-5-15(2)11-22(19)27)20(25-28-29-30-31(25)3)9-6-16(32)12-17(33)13-23(34)35/h4-11,16-17,32-33H,12-13H2,1-3H3,(H,34,35). The van der Waals surface area contributed by atoms with Gasteiger partial charge in [-0.3, -0.25) is 4.79 Å². The van der Waals surface area contributed by atoms with Crippen LogP contribution in [0.3, 0.4) is 0 Å². The fourth-order valence-corrected chi connectivity index (χ4v) is 3.66. The first kappa shape index (κ1) is 25.9. The predicted molar refractivity (Wildman–Crippen MR) is 125 cm³/mol. The van der Waals surface area contributed by atoms with Crippen molar-refractivity contribution in [2.75, 3.05) is 0 Å². The van der Waals surface area contributed by atoms with Crippen LogP contribution in [0, 0.1) is 25.5 Å². The summed E-state index contributed by atoms with van der Waals surface area (Å²) in [6.45, 7) is 3.46. The number of carboxylic acid groups (broad SMARTS) is 1. The Morgan fingerprint density at radius 1 is 1.06 bits per heavy atom. The third kappa shape index (κ3) is 6.43. The lowest BCUT2D eigenvalue weighted by molar-refractivity contribution is -0.139. The van der Waals surface area contributed by atoms with Crippen LogP contribution in [-0.2, 0) is 11.8 Å². The molecule has 1 aromatic heterocycles. The summed E-state index contributed by atoms with van der Waals surface area (Å²) in [4.78, 5) is 10.8. The van der Waals surface area contributed by atoms with Gasteiger partial charge in [0.25, 0.3) is 0 Å². The lowest BCUT2D eigenvalue weighted by Gasteiger charge is -2.16. The highest BCUT2D eigenvalue weighted by Crippen LogP contribution is 2.35. The maximum Gasteiger partial charge on any atom is 0.305 e. The smallest absolute Gasteiger partial charge is 0.305 e. The molecule has 0 amide bonds. The summed E-state index contributed by atoms with van der Waals surface area (Å²) in [7, 11) is 1.56. The van der Waals surface area contributed by atoms with Gasteiger partial charge in [0.2, 0.25) is 0 Å². The van der Waals surface area contributed by atoms with Crippen molar-refractivity contribution in [3.63, 3.8) is 0 Å². The van der Waals surface area contributed by atoms with Gasteiger partial charge in [0.05, 0.1) is 18.6 Å². The average Bonchev–Trinajstić information content (AvgIpc) is 3.17. The molecule has 35 heavy (non-hydrogen) atoms. The van der Waals surface area contributed by atoms with Crippen LogP contribution in [0.4, 0.5) is 8.78 Å². The highest BCUT2D eigenvalue weighted by atomic mass is 19.1. The zero-order valence-corrected chi connectivity index (χ0v) is 19.5. The fourth-order valence-electron chi connectivity index (χ4n) is 3.66. The molecule has 1 heterocycles. The Morgan fingerprint density at radius 2 is 1.63 bits per heavy atom. The third-order valence-electron chi connectivity index (χ3n) is 5.33. The van der Waals surface area contributed by atoms with Crippen LogP contribution in [0.2, 0.25) is 0 Å². The number of hydrogen-bond donors (Lipinski definition) is 3. The van der Waals surface area contributed by atoms with Gasteiger partial charge >= 0.3 is 5.97 Å². The number of aliphatic carboxylic acids is 1. The van der Waals surface area contributed by atoms with Crippen molar-refractivity contribution in [1.29, 1.82) is 0 Å². The molecule has 2 atom stereocenters. The average molecular weight is 485 g/mol. The fraction of sp³-hybridized carbons (Fsp3) is 0.280. The van der Waals surface area contributed by atoms with Crippen molar-refractivity contribution >= 4 is 17.1 Å². The second kappa shape index (κ2) is 11.1. The molecule has 2 unspecified atom stereocenters. The van der Waals surface area contributed by atoms with Crippen LogP contribution in [0.15, 0.2) is 48.6 Å². The third-order valence-corrected chi connectivity index (χ3v) is 5.33. The van der Waals surface area contributed by atoms with E-state index in [1.54, 1.807) is 33.0 Å². The van der Waals surface area contributed by atoms with E-state index in [0.717, 1.165) is 0 Å². The van der Waals surface area contributed by atoms with E-state index in [1.807, 2.05) is 0 Å². The molecule has 0 radical (unpaired) electrons. The summed E-state index contributed by atoms with van der Waals surface area (Å²) < 4.78 is 31.8. The minimum absolute atomic E-state index is 0.0985. The molecule has 0 spiro atoms. The molecule has 8 nitrogen and oxygen atoms in total. The molecule has 0 bridgehead atoms. The van der Waals surface area contributed by atoms with Gasteiger partial charge < -0.3 is 15.3 Å². The topological polar surface area (TPSA) is 121 Å². The monoisotopic (exact) mass is 484 g/mol. The molecule has 184 valence electrons. The van der Waals surface area contributed by atoms with Crippen molar-refractivity contribution in [2.45, 2.75) is 38.9 Å². The number of allylic oxidation sites excluding steroid dienone is 2. The van der Waals surface area contributed by atoms with Gasteiger partial charge in [-0.2, -0.15) is 0 Å². The Kier molecular flexibility index (Phi) is 8.21. The maximum atomic E-state index is 15.2. The summed E-state index contributed by atoms with van der Waals surface area (Å²) in [6.07, 6.45) is -0.590. The molecule has 0 fully saturated rings. The Balaban J connectivity index is 2.24. The van der Waals surface area contributed by atoms with E-state index in [1.165, 1.54) is 41.1 Å². The minimum Gasteiger partial charge on any atom is -0.481 e. The van der Waals surface area contributed by atoms with Crippen LogP contribution < -0.4 is 0 Å². The second-order valence-electron chi connectivity index (χ2n) is 8.30. The van der Waals surface area contributed by atoms with Gasteiger partial charge in [0, 0.05) is 35.7 Å². The quantitative estimate of drug-likeness (QED) is 0.399. The van der Waals surface area contributed by atoms with Crippen LogP contribution in [0.5, 0.6) is 0 Å². The first-order valence-electron chi connectivity index (χ1n) is 10.8. The van der Waals surface area contributed by atoms with E-state index in [0.29, 0.717) is 11.1 Å². The molecule has 3 N–H and O–H groups in total. The Morgan fingerprint density at radius 3 is 2.09 bits per heavy atom. The van der Waals surface area contributed by atoms with Crippen molar-refractivity contribution in [3.8, 4) is 0 Å².